The van der Waals surface area contributed by atoms with Gasteiger partial charge in [-0.15, -0.1) is 0 Å². The van der Waals surface area contributed by atoms with Gasteiger partial charge in [-0.1, -0.05) is 6.07 Å². The Morgan fingerprint density at radius 1 is 1.10 bits per heavy atom. The maximum absolute atomic E-state index is 5.89. The third-order valence-corrected chi connectivity index (χ3v) is 5.67. The minimum absolute atomic E-state index is 0.253. The molecule has 0 fully saturated rings. The van der Waals surface area contributed by atoms with Crippen molar-refractivity contribution in [1.29, 1.82) is 0 Å². The maximum Gasteiger partial charge on any atom is 0.221 e. The Labute approximate surface area is 179 Å². The summed E-state index contributed by atoms with van der Waals surface area (Å²) in [7, 11) is 3.72. The Morgan fingerprint density at radius 2 is 1.97 bits per heavy atom. The molecule has 156 valence electrons. The molecule has 5 rings (SSSR count). The second kappa shape index (κ2) is 7.68. The first-order valence-corrected chi connectivity index (χ1v) is 10.2. The summed E-state index contributed by atoms with van der Waals surface area (Å²) in [6.45, 7) is 0. The number of hydrogen-bond acceptors (Lipinski definition) is 5. The van der Waals surface area contributed by atoms with Crippen molar-refractivity contribution >= 4 is 39.3 Å². The van der Waals surface area contributed by atoms with Gasteiger partial charge in [-0.3, -0.25) is 0 Å². The Balaban J connectivity index is 1.42. The van der Waals surface area contributed by atoms with E-state index in [9.17, 15) is 0 Å². The molecule has 7 heteroatoms. The zero-order chi connectivity index (χ0) is 21.4. The van der Waals surface area contributed by atoms with Crippen LogP contribution in [0.15, 0.2) is 61.1 Å². The highest BCUT2D eigenvalue weighted by atomic mass is 16.5. The molecule has 0 bridgehead atoms. The highest BCUT2D eigenvalue weighted by Gasteiger charge is 2.11. The first-order chi connectivity index (χ1) is 15.1. The summed E-state index contributed by atoms with van der Waals surface area (Å²) >= 11 is 0. The predicted octanol–water partition coefficient (Wildman–Crippen LogP) is 4.57. The summed E-state index contributed by atoms with van der Waals surface area (Å²) in [6, 6.07) is 14.4. The van der Waals surface area contributed by atoms with Crippen LogP contribution in [0.5, 0.6) is 5.75 Å². The van der Waals surface area contributed by atoms with Crippen molar-refractivity contribution in [2.75, 3.05) is 18.2 Å². The van der Waals surface area contributed by atoms with Gasteiger partial charge in [0.15, 0.2) is 0 Å². The van der Waals surface area contributed by atoms with Gasteiger partial charge in [0.25, 0.3) is 0 Å². The van der Waals surface area contributed by atoms with Crippen LogP contribution in [0.2, 0.25) is 0 Å². The lowest BCUT2D eigenvalue weighted by Gasteiger charge is -2.12. The molecule has 0 aliphatic carbocycles. The molecule has 0 aliphatic rings. The SMILES string of the molecule is COc1ccc2[nH]cc(CCc3cnc(N)nc3Nc3ccc4ccn(C)c4c3)c2c1. The van der Waals surface area contributed by atoms with Crippen molar-refractivity contribution in [2.24, 2.45) is 7.05 Å². The van der Waals surface area contributed by atoms with Gasteiger partial charge < -0.3 is 25.3 Å². The van der Waals surface area contributed by atoms with Crippen LogP contribution in [0.3, 0.4) is 0 Å². The molecular formula is C24H24N6O. The molecule has 0 atom stereocenters. The van der Waals surface area contributed by atoms with Gasteiger partial charge in [-0.25, -0.2) is 4.98 Å². The zero-order valence-corrected chi connectivity index (χ0v) is 17.5. The van der Waals surface area contributed by atoms with Gasteiger partial charge in [0, 0.05) is 53.3 Å². The number of nitrogen functional groups attached to an aromatic ring is 1. The lowest BCUT2D eigenvalue weighted by Crippen LogP contribution is -2.05. The Morgan fingerprint density at radius 3 is 2.84 bits per heavy atom. The molecule has 7 nitrogen and oxygen atoms in total. The van der Waals surface area contributed by atoms with E-state index >= 15 is 0 Å². The zero-order valence-electron chi connectivity index (χ0n) is 17.5. The summed E-state index contributed by atoms with van der Waals surface area (Å²) in [4.78, 5) is 12.0. The molecule has 3 aromatic heterocycles. The first kappa shape index (κ1) is 19.0. The predicted molar refractivity (Wildman–Crippen MR) is 125 cm³/mol. The molecule has 0 aliphatic heterocycles. The summed E-state index contributed by atoms with van der Waals surface area (Å²) in [6.07, 6.45) is 7.53. The van der Waals surface area contributed by atoms with Crippen LogP contribution in [0, 0.1) is 0 Å². The number of hydrogen-bond donors (Lipinski definition) is 3. The number of aromatic amines is 1. The second-order valence-electron chi connectivity index (χ2n) is 7.65. The van der Waals surface area contributed by atoms with E-state index in [0.717, 1.165) is 46.7 Å². The van der Waals surface area contributed by atoms with E-state index in [2.05, 4.69) is 67.6 Å². The van der Waals surface area contributed by atoms with E-state index in [1.54, 1.807) is 13.3 Å². The monoisotopic (exact) mass is 412 g/mol. The molecule has 0 saturated carbocycles. The molecule has 4 N–H and O–H groups in total. The average Bonchev–Trinajstić information content (AvgIpc) is 3.36. The van der Waals surface area contributed by atoms with Gasteiger partial charge in [-0.2, -0.15) is 4.98 Å². The van der Waals surface area contributed by atoms with Crippen LogP contribution in [-0.2, 0) is 19.9 Å². The third kappa shape index (κ3) is 3.66. The van der Waals surface area contributed by atoms with Gasteiger partial charge in [0.05, 0.1) is 7.11 Å². The number of benzene rings is 2. The number of rotatable bonds is 6. The van der Waals surface area contributed by atoms with Crippen LogP contribution in [0.4, 0.5) is 17.5 Å². The lowest BCUT2D eigenvalue weighted by molar-refractivity contribution is 0.415. The minimum Gasteiger partial charge on any atom is -0.497 e. The average molecular weight is 412 g/mol. The molecule has 0 amide bonds. The number of aromatic nitrogens is 4. The summed E-state index contributed by atoms with van der Waals surface area (Å²) in [5.41, 5.74) is 11.3. The molecule has 2 aromatic carbocycles. The second-order valence-corrected chi connectivity index (χ2v) is 7.65. The van der Waals surface area contributed by atoms with E-state index in [1.165, 1.54) is 16.3 Å². The number of ether oxygens (including phenoxy) is 1. The molecule has 31 heavy (non-hydrogen) atoms. The first-order valence-electron chi connectivity index (χ1n) is 10.2. The van der Waals surface area contributed by atoms with Crippen molar-refractivity contribution in [2.45, 2.75) is 12.8 Å². The summed E-state index contributed by atoms with van der Waals surface area (Å²) in [5, 5.41) is 5.80. The molecule has 0 saturated heterocycles. The van der Waals surface area contributed by atoms with Crippen molar-refractivity contribution in [3.8, 4) is 5.75 Å². The standard InChI is InChI=1S/C24H24N6O/c1-30-10-9-15-5-6-18(11-22(15)30)28-23-17(14-27-24(25)29-23)4-3-16-13-26-21-8-7-19(31-2)12-20(16)21/h5-14,26H,3-4H2,1-2H3,(H3,25,27,28,29). The molecule has 3 heterocycles. The van der Waals surface area contributed by atoms with Gasteiger partial charge >= 0.3 is 0 Å². The third-order valence-electron chi connectivity index (χ3n) is 5.67. The Kier molecular flexibility index (Phi) is 4.71. The van der Waals surface area contributed by atoms with Crippen LogP contribution in [0.1, 0.15) is 11.1 Å². The highest BCUT2D eigenvalue weighted by Crippen LogP contribution is 2.27. The highest BCUT2D eigenvalue weighted by molar-refractivity contribution is 5.85. The fourth-order valence-electron chi connectivity index (χ4n) is 3.95. The molecule has 0 unspecified atom stereocenters. The molecule has 0 spiro atoms. The molecule has 0 radical (unpaired) electrons. The normalized spacial score (nSPS) is 11.3. The topological polar surface area (TPSA) is 93.8 Å². The largest absolute Gasteiger partial charge is 0.497 e. The smallest absolute Gasteiger partial charge is 0.221 e. The van der Waals surface area contributed by atoms with E-state index in [-0.39, 0.29) is 5.95 Å². The number of H-pyrrole nitrogens is 1. The Hall–Kier alpha value is -4.00. The fourth-order valence-corrected chi connectivity index (χ4v) is 3.95. The number of nitrogens with one attached hydrogen (secondary N) is 2. The number of methoxy groups -OCH3 is 1. The van der Waals surface area contributed by atoms with Crippen LogP contribution in [-0.4, -0.2) is 26.6 Å². The van der Waals surface area contributed by atoms with Gasteiger partial charge in [0.2, 0.25) is 5.95 Å². The van der Waals surface area contributed by atoms with E-state index in [1.807, 2.05) is 19.2 Å². The van der Waals surface area contributed by atoms with Crippen LogP contribution >= 0.6 is 0 Å². The van der Waals surface area contributed by atoms with Gasteiger partial charge in [0.1, 0.15) is 11.6 Å². The number of nitrogens with zero attached hydrogens (tertiary/aromatic N) is 3. The van der Waals surface area contributed by atoms with Gasteiger partial charge in [-0.05, 0) is 60.2 Å². The van der Waals surface area contributed by atoms with Crippen molar-refractivity contribution in [3.63, 3.8) is 0 Å². The van der Waals surface area contributed by atoms with E-state index in [4.69, 9.17) is 10.5 Å². The summed E-state index contributed by atoms with van der Waals surface area (Å²) in [5.74, 6) is 1.84. The van der Waals surface area contributed by atoms with E-state index in [0.29, 0.717) is 0 Å². The maximum atomic E-state index is 5.89. The lowest BCUT2D eigenvalue weighted by atomic mass is 10.0. The number of nitrogens with two attached hydrogens (primary N) is 1. The van der Waals surface area contributed by atoms with Crippen molar-refractivity contribution < 1.29 is 4.74 Å². The number of aryl methyl sites for hydroxylation is 3. The minimum atomic E-state index is 0.253. The van der Waals surface area contributed by atoms with Crippen LogP contribution < -0.4 is 15.8 Å². The number of anilines is 3. The van der Waals surface area contributed by atoms with Crippen LogP contribution in [0.25, 0.3) is 21.8 Å². The molecule has 5 aromatic rings. The summed E-state index contributed by atoms with van der Waals surface area (Å²) < 4.78 is 7.48. The van der Waals surface area contributed by atoms with Crippen molar-refractivity contribution in [1.82, 2.24) is 19.5 Å². The fraction of sp³-hybridized carbons (Fsp3) is 0.167. The molecular weight excluding hydrogens is 388 g/mol. The van der Waals surface area contributed by atoms with E-state index < -0.39 is 0 Å². The Bertz CT molecular complexity index is 1380. The number of fused-ring (bicyclic) bond motifs is 2. The van der Waals surface area contributed by atoms with Crippen molar-refractivity contribution in [3.05, 3.63) is 72.2 Å². The quantitative estimate of drug-likeness (QED) is 0.380.